The van der Waals surface area contributed by atoms with Crippen LogP contribution in [0.4, 0.5) is 4.39 Å². The van der Waals surface area contributed by atoms with Gasteiger partial charge in [0.15, 0.2) is 0 Å². The second-order valence-corrected chi connectivity index (χ2v) is 6.19. The van der Waals surface area contributed by atoms with E-state index in [0.717, 1.165) is 4.90 Å². The monoisotopic (exact) mass is 351 g/mol. The molecule has 0 saturated carbocycles. The Kier molecular flexibility index (Phi) is 4.66. The highest BCUT2D eigenvalue weighted by molar-refractivity contribution is 6.31. The molecule has 1 saturated heterocycles. The summed E-state index contributed by atoms with van der Waals surface area (Å²) in [6.07, 6.45) is 4.75. The number of carbonyl (C=O) groups is 3. The predicted molar refractivity (Wildman–Crippen MR) is 83.3 cm³/mol. The first kappa shape index (κ1) is 16.6. The molecule has 7 heteroatoms. The van der Waals surface area contributed by atoms with Crippen LogP contribution in [0.15, 0.2) is 30.4 Å². The average Bonchev–Trinajstić information content (AvgIpc) is 2.80. The van der Waals surface area contributed by atoms with E-state index in [4.69, 9.17) is 16.3 Å². The molecule has 0 spiro atoms. The minimum Gasteiger partial charge on any atom is -0.459 e. The average molecular weight is 352 g/mol. The summed E-state index contributed by atoms with van der Waals surface area (Å²) in [4.78, 5) is 37.4. The van der Waals surface area contributed by atoms with Gasteiger partial charge in [0.1, 0.15) is 19.0 Å². The van der Waals surface area contributed by atoms with Gasteiger partial charge in [-0.1, -0.05) is 29.8 Å². The molecule has 1 aliphatic heterocycles. The number of fused-ring (bicyclic) bond motifs is 1. The van der Waals surface area contributed by atoms with Crippen LogP contribution in [0.3, 0.4) is 0 Å². The number of esters is 1. The summed E-state index contributed by atoms with van der Waals surface area (Å²) in [7, 11) is 0. The van der Waals surface area contributed by atoms with Gasteiger partial charge in [-0.3, -0.25) is 19.3 Å². The van der Waals surface area contributed by atoms with Crippen LogP contribution in [0.1, 0.15) is 18.4 Å². The van der Waals surface area contributed by atoms with Gasteiger partial charge in [0, 0.05) is 5.56 Å². The Morgan fingerprint density at radius 2 is 1.83 bits per heavy atom. The Hall–Kier alpha value is -2.21. The molecule has 0 unspecified atom stereocenters. The van der Waals surface area contributed by atoms with Crippen molar-refractivity contribution in [3.05, 3.63) is 46.8 Å². The summed E-state index contributed by atoms with van der Waals surface area (Å²) in [6.45, 7) is -0.814. The number of nitrogens with zero attached hydrogens (tertiary/aromatic N) is 1. The van der Waals surface area contributed by atoms with Crippen LogP contribution in [0, 0.1) is 17.7 Å². The fourth-order valence-corrected chi connectivity index (χ4v) is 3.24. The maximum atomic E-state index is 13.6. The lowest BCUT2D eigenvalue weighted by molar-refractivity contribution is -0.153. The summed E-state index contributed by atoms with van der Waals surface area (Å²) in [6, 6.07) is 4.14. The van der Waals surface area contributed by atoms with Gasteiger partial charge in [0.05, 0.1) is 16.9 Å². The molecule has 0 bridgehead atoms. The van der Waals surface area contributed by atoms with Crippen LogP contribution >= 0.6 is 11.6 Å². The molecule has 126 valence electrons. The van der Waals surface area contributed by atoms with E-state index in [1.807, 2.05) is 12.2 Å². The first-order valence-electron chi connectivity index (χ1n) is 7.57. The third-order valence-corrected chi connectivity index (χ3v) is 4.68. The van der Waals surface area contributed by atoms with E-state index in [1.165, 1.54) is 18.2 Å². The first-order chi connectivity index (χ1) is 11.5. The lowest BCUT2D eigenvalue weighted by Crippen LogP contribution is -2.36. The molecule has 0 N–H and O–H groups in total. The van der Waals surface area contributed by atoms with E-state index in [1.54, 1.807) is 0 Å². The van der Waals surface area contributed by atoms with E-state index in [9.17, 15) is 18.8 Å². The van der Waals surface area contributed by atoms with Crippen molar-refractivity contribution < 1.29 is 23.5 Å². The summed E-state index contributed by atoms with van der Waals surface area (Å²) in [5.74, 6) is -2.85. The molecule has 2 aliphatic rings. The number of allylic oxidation sites excluding steroid dienone is 2. The van der Waals surface area contributed by atoms with Crippen molar-refractivity contribution in [1.82, 2.24) is 4.90 Å². The van der Waals surface area contributed by atoms with Crippen molar-refractivity contribution in [2.75, 3.05) is 6.54 Å². The van der Waals surface area contributed by atoms with Crippen molar-refractivity contribution in [3.63, 3.8) is 0 Å². The maximum absolute atomic E-state index is 13.6. The Morgan fingerprint density at radius 3 is 2.42 bits per heavy atom. The second kappa shape index (κ2) is 6.73. The van der Waals surface area contributed by atoms with Gasteiger partial charge in [-0.05, 0) is 25.0 Å². The number of carbonyl (C=O) groups excluding carboxylic acids is 3. The quantitative estimate of drug-likeness (QED) is 0.475. The van der Waals surface area contributed by atoms with Gasteiger partial charge in [-0.25, -0.2) is 4.39 Å². The van der Waals surface area contributed by atoms with Crippen molar-refractivity contribution in [1.29, 1.82) is 0 Å². The molecule has 2 amide bonds. The highest BCUT2D eigenvalue weighted by Gasteiger charge is 2.47. The largest absolute Gasteiger partial charge is 0.459 e. The molecular weight excluding hydrogens is 337 g/mol. The second-order valence-electron chi connectivity index (χ2n) is 5.78. The van der Waals surface area contributed by atoms with Crippen molar-refractivity contribution in [2.24, 2.45) is 11.8 Å². The van der Waals surface area contributed by atoms with Crippen molar-refractivity contribution >= 4 is 29.4 Å². The fraction of sp³-hybridized carbons (Fsp3) is 0.353. The summed E-state index contributed by atoms with van der Waals surface area (Å²) in [5, 5.41) is 0.146. The van der Waals surface area contributed by atoms with E-state index < -0.39 is 30.2 Å². The third kappa shape index (κ3) is 3.06. The number of hydrogen-bond acceptors (Lipinski definition) is 4. The van der Waals surface area contributed by atoms with E-state index in [2.05, 4.69) is 0 Å². The number of hydrogen-bond donors (Lipinski definition) is 0. The highest BCUT2D eigenvalue weighted by Crippen LogP contribution is 2.34. The lowest BCUT2D eigenvalue weighted by Gasteiger charge is -2.14. The number of rotatable bonds is 4. The van der Waals surface area contributed by atoms with Gasteiger partial charge in [-0.15, -0.1) is 0 Å². The standard InChI is InChI=1S/C17H15ClFNO4/c18-13-6-3-7-14(19)12(13)9-24-15(21)8-20-16(22)10-4-1-2-5-11(10)17(20)23/h1-3,6-7,10-11H,4-5,8-9H2/t10-,11+. The summed E-state index contributed by atoms with van der Waals surface area (Å²) >= 11 is 5.86. The van der Waals surface area contributed by atoms with Crippen LogP contribution in [0.2, 0.25) is 5.02 Å². The zero-order valence-corrected chi connectivity index (χ0v) is 13.5. The van der Waals surface area contributed by atoms with Crippen molar-refractivity contribution in [3.8, 4) is 0 Å². The molecule has 2 atom stereocenters. The number of imide groups is 1. The SMILES string of the molecule is O=C(CN1C(=O)[C@H]2CC=CC[C@H]2C1=O)OCc1c(F)cccc1Cl. The predicted octanol–water partition coefficient (Wildman–Crippen LogP) is 2.47. The summed E-state index contributed by atoms with van der Waals surface area (Å²) < 4.78 is 18.6. The first-order valence-corrected chi connectivity index (χ1v) is 7.95. The van der Waals surface area contributed by atoms with E-state index in [-0.39, 0.29) is 29.0 Å². The van der Waals surface area contributed by atoms with Gasteiger partial charge >= 0.3 is 5.97 Å². The highest BCUT2D eigenvalue weighted by atomic mass is 35.5. The molecule has 1 fully saturated rings. The molecule has 0 aromatic heterocycles. The maximum Gasteiger partial charge on any atom is 0.326 e. The minimum atomic E-state index is -0.775. The molecule has 1 aliphatic carbocycles. The number of likely N-dealkylation sites (tertiary alicyclic amines) is 1. The molecule has 1 heterocycles. The molecule has 3 rings (SSSR count). The zero-order valence-electron chi connectivity index (χ0n) is 12.7. The molecular formula is C17H15ClFNO4. The van der Waals surface area contributed by atoms with E-state index >= 15 is 0 Å². The number of ether oxygens (including phenoxy) is 1. The van der Waals surface area contributed by atoms with Crippen LogP contribution in [0.25, 0.3) is 0 Å². The summed E-state index contributed by atoms with van der Waals surface area (Å²) in [5.41, 5.74) is 0.0597. The van der Waals surface area contributed by atoms with Gasteiger partial charge in [0.25, 0.3) is 0 Å². The molecule has 0 radical (unpaired) electrons. The smallest absolute Gasteiger partial charge is 0.326 e. The minimum absolute atomic E-state index is 0.0597. The van der Waals surface area contributed by atoms with E-state index in [0.29, 0.717) is 12.8 Å². The Morgan fingerprint density at radius 1 is 1.21 bits per heavy atom. The molecule has 1 aromatic rings. The number of benzene rings is 1. The number of halogens is 2. The van der Waals surface area contributed by atoms with Crippen LogP contribution in [-0.4, -0.2) is 29.2 Å². The van der Waals surface area contributed by atoms with Crippen molar-refractivity contribution in [2.45, 2.75) is 19.4 Å². The third-order valence-electron chi connectivity index (χ3n) is 4.33. The molecule has 5 nitrogen and oxygen atoms in total. The molecule has 24 heavy (non-hydrogen) atoms. The fourth-order valence-electron chi connectivity index (χ4n) is 3.02. The topological polar surface area (TPSA) is 63.7 Å². The van der Waals surface area contributed by atoms with Crippen LogP contribution in [0.5, 0.6) is 0 Å². The zero-order chi connectivity index (χ0) is 17.3. The van der Waals surface area contributed by atoms with Crippen LogP contribution < -0.4 is 0 Å². The Bertz CT molecular complexity index is 687. The Balaban J connectivity index is 1.61. The Labute approximate surface area is 143 Å². The van der Waals surface area contributed by atoms with Gasteiger partial charge < -0.3 is 4.74 Å². The lowest BCUT2D eigenvalue weighted by atomic mass is 9.85. The van der Waals surface area contributed by atoms with Gasteiger partial charge in [-0.2, -0.15) is 0 Å². The normalized spacial score (nSPS) is 22.7. The van der Waals surface area contributed by atoms with Crippen LogP contribution in [-0.2, 0) is 25.7 Å². The molecule has 1 aromatic carbocycles. The number of amides is 2. The van der Waals surface area contributed by atoms with Gasteiger partial charge in [0.2, 0.25) is 11.8 Å².